The average Bonchev–Trinajstić information content (AvgIpc) is 2.72. The van der Waals surface area contributed by atoms with E-state index in [1.807, 2.05) is 37.3 Å². The van der Waals surface area contributed by atoms with E-state index in [9.17, 15) is 19.5 Å². The molecule has 0 aliphatic heterocycles. The molecule has 0 radical (unpaired) electrons. The normalized spacial score (nSPS) is 10.6. The first-order valence-corrected chi connectivity index (χ1v) is 10.2. The van der Waals surface area contributed by atoms with Crippen molar-refractivity contribution in [2.24, 2.45) is 0 Å². The third-order valence-corrected chi connectivity index (χ3v) is 4.93. The Kier molecular flexibility index (Phi) is 8.59. The highest BCUT2D eigenvalue weighted by Gasteiger charge is 2.15. The lowest BCUT2D eigenvalue weighted by atomic mass is 9.97. The van der Waals surface area contributed by atoms with E-state index >= 15 is 0 Å². The fourth-order valence-corrected chi connectivity index (χ4v) is 3.26. The fraction of sp³-hybridized carbons (Fsp3) is 0.375. The summed E-state index contributed by atoms with van der Waals surface area (Å²) in [5.74, 6) is -1.55. The number of hydrogen-bond acceptors (Lipinski definition) is 5. The number of aliphatic carboxylic acids is 1. The van der Waals surface area contributed by atoms with Gasteiger partial charge in [0.2, 0.25) is 5.78 Å². The molecular weight excluding hydrogens is 384 g/mol. The van der Waals surface area contributed by atoms with Crippen LogP contribution in [0.4, 0.5) is 0 Å². The summed E-state index contributed by atoms with van der Waals surface area (Å²) in [7, 11) is 0. The van der Waals surface area contributed by atoms with Gasteiger partial charge in [-0.3, -0.25) is 9.59 Å². The Morgan fingerprint density at radius 3 is 2.27 bits per heavy atom. The van der Waals surface area contributed by atoms with E-state index in [4.69, 9.17) is 9.84 Å². The van der Waals surface area contributed by atoms with Gasteiger partial charge in [-0.15, -0.1) is 0 Å². The monoisotopic (exact) mass is 412 g/mol. The van der Waals surface area contributed by atoms with Gasteiger partial charge in [0.25, 0.3) is 0 Å². The Hall–Kier alpha value is -3.15. The molecule has 30 heavy (non-hydrogen) atoms. The zero-order valence-corrected chi connectivity index (χ0v) is 17.4. The topological polar surface area (TPSA) is 101 Å². The lowest BCUT2D eigenvalue weighted by Gasteiger charge is -2.14. The van der Waals surface area contributed by atoms with E-state index in [1.54, 1.807) is 6.07 Å². The van der Waals surface area contributed by atoms with Crippen molar-refractivity contribution in [3.8, 4) is 11.5 Å². The maximum absolute atomic E-state index is 11.7. The molecule has 0 aliphatic rings. The van der Waals surface area contributed by atoms with Crippen molar-refractivity contribution in [1.82, 2.24) is 0 Å². The number of carboxylic acid groups (broad SMARTS) is 1. The SMILES string of the molecule is CCCc1c(COc2ccc(CCCCC(=O)C(=O)O)cc2)ccc(C(C)=O)c1O. The zero-order chi connectivity index (χ0) is 22.1. The first-order valence-electron chi connectivity index (χ1n) is 10.2. The molecule has 160 valence electrons. The molecule has 2 aromatic rings. The minimum atomic E-state index is -1.37. The molecule has 0 fully saturated rings. The van der Waals surface area contributed by atoms with E-state index in [2.05, 4.69) is 0 Å². The zero-order valence-electron chi connectivity index (χ0n) is 17.4. The van der Waals surface area contributed by atoms with E-state index in [0.717, 1.165) is 36.0 Å². The van der Waals surface area contributed by atoms with E-state index in [-0.39, 0.29) is 24.6 Å². The van der Waals surface area contributed by atoms with Crippen molar-refractivity contribution in [2.45, 2.75) is 59.0 Å². The van der Waals surface area contributed by atoms with E-state index in [1.165, 1.54) is 6.92 Å². The summed E-state index contributed by atoms with van der Waals surface area (Å²) in [6, 6.07) is 11.1. The van der Waals surface area contributed by atoms with Crippen LogP contribution in [0, 0.1) is 0 Å². The number of phenols is 1. The molecule has 0 unspecified atom stereocenters. The molecule has 6 heteroatoms. The molecule has 2 rings (SSSR count). The molecule has 0 aliphatic carbocycles. The molecule has 0 bridgehead atoms. The standard InChI is InChI=1S/C24H28O6/c1-3-6-21-18(11-14-20(16(2)25)23(21)27)15-30-19-12-9-17(10-13-19)7-4-5-8-22(26)24(28)29/h9-14,27H,3-8,15H2,1-2H3,(H,28,29). The van der Waals surface area contributed by atoms with Crippen molar-refractivity contribution in [1.29, 1.82) is 0 Å². The quantitative estimate of drug-likeness (QED) is 0.303. The highest BCUT2D eigenvalue weighted by atomic mass is 16.5. The minimum Gasteiger partial charge on any atom is -0.507 e. The number of ketones is 2. The van der Waals surface area contributed by atoms with Gasteiger partial charge in [0.1, 0.15) is 18.1 Å². The maximum Gasteiger partial charge on any atom is 0.372 e. The number of benzene rings is 2. The number of hydrogen-bond donors (Lipinski definition) is 2. The fourth-order valence-electron chi connectivity index (χ4n) is 3.26. The third kappa shape index (κ3) is 6.44. The molecule has 0 heterocycles. The van der Waals surface area contributed by atoms with Gasteiger partial charge < -0.3 is 14.9 Å². The van der Waals surface area contributed by atoms with Crippen LogP contribution in [-0.2, 0) is 29.0 Å². The first kappa shape index (κ1) is 23.1. The highest BCUT2D eigenvalue weighted by Crippen LogP contribution is 2.29. The number of aromatic hydroxyl groups is 1. The van der Waals surface area contributed by atoms with Gasteiger partial charge in [-0.05, 0) is 61.9 Å². The summed E-state index contributed by atoms with van der Waals surface area (Å²) in [5.41, 5.74) is 3.01. The van der Waals surface area contributed by atoms with E-state index in [0.29, 0.717) is 24.2 Å². The Morgan fingerprint density at radius 2 is 1.67 bits per heavy atom. The van der Waals surface area contributed by atoms with Gasteiger partial charge in [-0.1, -0.05) is 31.5 Å². The summed E-state index contributed by atoms with van der Waals surface area (Å²) in [5, 5.41) is 19.0. The second-order valence-electron chi connectivity index (χ2n) is 7.27. The van der Waals surface area contributed by atoms with Crippen LogP contribution in [-0.4, -0.2) is 27.7 Å². The second-order valence-corrected chi connectivity index (χ2v) is 7.27. The van der Waals surface area contributed by atoms with Crippen LogP contribution in [0.3, 0.4) is 0 Å². The number of carboxylic acids is 1. The number of Topliss-reactive ketones (excluding diaryl/α,β-unsaturated/α-hetero) is 2. The molecule has 6 nitrogen and oxygen atoms in total. The third-order valence-electron chi connectivity index (χ3n) is 4.93. The number of unbranched alkanes of at least 4 members (excludes halogenated alkanes) is 1. The van der Waals surface area contributed by atoms with Crippen LogP contribution < -0.4 is 4.74 Å². The van der Waals surface area contributed by atoms with Gasteiger partial charge in [0, 0.05) is 12.0 Å². The number of ether oxygens (including phenoxy) is 1. The number of aryl methyl sites for hydroxylation is 1. The van der Waals surface area contributed by atoms with Crippen molar-refractivity contribution < 1.29 is 29.3 Å². The van der Waals surface area contributed by atoms with Crippen LogP contribution in [0.25, 0.3) is 0 Å². The molecular formula is C24H28O6. The number of rotatable bonds is 12. The van der Waals surface area contributed by atoms with Crippen LogP contribution in [0.5, 0.6) is 11.5 Å². The van der Waals surface area contributed by atoms with Crippen LogP contribution in [0.1, 0.15) is 66.6 Å². The smallest absolute Gasteiger partial charge is 0.372 e. The molecule has 0 saturated carbocycles. The molecule has 0 amide bonds. The van der Waals surface area contributed by atoms with E-state index < -0.39 is 11.8 Å². The summed E-state index contributed by atoms with van der Waals surface area (Å²) in [6.45, 7) is 3.74. The minimum absolute atomic E-state index is 0.0437. The predicted molar refractivity (Wildman–Crippen MR) is 113 cm³/mol. The first-order chi connectivity index (χ1) is 14.3. The molecule has 0 aromatic heterocycles. The second kappa shape index (κ2) is 11.1. The van der Waals surface area contributed by atoms with Gasteiger partial charge in [-0.25, -0.2) is 4.79 Å². The molecule has 2 aromatic carbocycles. The molecule has 0 atom stereocenters. The molecule has 0 spiro atoms. The van der Waals surface area contributed by atoms with Crippen LogP contribution >= 0.6 is 0 Å². The van der Waals surface area contributed by atoms with Crippen molar-refractivity contribution in [3.63, 3.8) is 0 Å². The van der Waals surface area contributed by atoms with Crippen molar-refractivity contribution in [2.75, 3.05) is 0 Å². The average molecular weight is 412 g/mol. The summed E-state index contributed by atoms with van der Waals surface area (Å²) in [4.78, 5) is 33.2. The van der Waals surface area contributed by atoms with Gasteiger partial charge in [0.05, 0.1) is 5.56 Å². The summed E-state index contributed by atoms with van der Waals surface area (Å²) < 4.78 is 5.87. The van der Waals surface area contributed by atoms with Crippen LogP contribution in [0.2, 0.25) is 0 Å². The van der Waals surface area contributed by atoms with Crippen molar-refractivity contribution >= 4 is 17.5 Å². The summed E-state index contributed by atoms with van der Waals surface area (Å²) >= 11 is 0. The Labute approximate surface area is 176 Å². The van der Waals surface area contributed by atoms with Crippen LogP contribution in [0.15, 0.2) is 36.4 Å². The van der Waals surface area contributed by atoms with Gasteiger partial charge in [-0.2, -0.15) is 0 Å². The summed E-state index contributed by atoms with van der Waals surface area (Å²) in [6.07, 6.45) is 3.61. The van der Waals surface area contributed by atoms with Gasteiger partial charge in [0.15, 0.2) is 5.78 Å². The Bertz CT molecular complexity index is 899. The predicted octanol–water partition coefficient (Wildman–Crippen LogP) is 4.49. The lowest BCUT2D eigenvalue weighted by molar-refractivity contribution is -0.149. The molecule has 2 N–H and O–H groups in total. The lowest BCUT2D eigenvalue weighted by Crippen LogP contribution is -2.11. The maximum atomic E-state index is 11.7. The molecule has 0 saturated heterocycles. The number of carbonyl (C=O) groups is 3. The number of carbonyl (C=O) groups excluding carboxylic acids is 2. The largest absolute Gasteiger partial charge is 0.507 e. The Balaban J connectivity index is 1.93. The Morgan fingerprint density at radius 1 is 0.967 bits per heavy atom. The van der Waals surface area contributed by atoms with Crippen molar-refractivity contribution in [3.05, 3.63) is 58.7 Å². The van der Waals surface area contributed by atoms with Gasteiger partial charge >= 0.3 is 5.97 Å². The number of phenolic OH excluding ortho intramolecular Hbond substituents is 1. The highest BCUT2D eigenvalue weighted by molar-refractivity contribution is 6.32.